The number of amides is 1. The van der Waals surface area contributed by atoms with E-state index in [1.165, 1.54) is 0 Å². The van der Waals surface area contributed by atoms with Gasteiger partial charge in [-0.25, -0.2) is 0 Å². The van der Waals surface area contributed by atoms with Gasteiger partial charge in [0.1, 0.15) is 5.54 Å². The van der Waals surface area contributed by atoms with Crippen molar-refractivity contribution in [3.63, 3.8) is 0 Å². The molecule has 0 unspecified atom stereocenters. The molecule has 1 aliphatic heterocycles. The van der Waals surface area contributed by atoms with E-state index in [0.717, 1.165) is 46.9 Å². The molecule has 1 aliphatic carbocycles. The van der Waals surface area contributed by atoms with Crippen molar-refractivity contribution in [2.45, 2.75) is 65.8 Å². The first-order chi connectivity index (χ1) is 12.4. The highest BCUT2D eigenvalue weighted by Crippen LogP contribution is 2.46. The summed E-state index contributed by atoms with van der Waals surface area (Å²) in [5, 5.41) is 3.10. The van der Waals surface area contributed by atoms with Crippen LogP contribution in [0.15, 0.2) is 11.8 Å². The van der Waals surface area contributed by atoms with Crippen molar-refractivity contribution in [1.82, 2.24) is 5.32 Å². The first kappa shape index (κ1) is 19.9. The van der Waals surface area contributed by atoms with E-state index in [9.17, 15) is 13.2 Å². The van der Waals surface area contributed by atoms with Gasteiger partial charge in [0.15, 0.2) is 5.76 Å². The molecule has 5 nitrogen and oxygen atoms in total. The molecule has 0 saturated heterocycles. The van der Waals surface area contributed by atoms with Crippen molar-refractivity contribution in [1.29, 1.82) is 0 Å². The van der Waals surface area contributed by atoms with Gasteiger partial charge >= 0.3 is 10.1 Å². The first-order valence-electron chi connectivity index (χ1n) is 9.49. The molecule has 6 heteroatoms. The third-order valence-electron chi connectivity index (χ3n) is 6.21. The number of benzene rings is 1. The first-order valence-corrected chi connectivity index (χ1v) is 11.3. The van der Waals surface area contributed by atoms with Crippen molar-refractivity contribution in [3.8, 4) is 0 Å². The maximum Gasteiger partial charge on any atom is 0.306 e. The van der Waals surface area contributed by atoms with Gasteiger partial charge in [-0.3, -0.25) is 4.79 Å². The molecule has 0 radical (unpaired) electrons. The highest BCUT2D eigenvalue weighted by Gasteiger charge is 2.50. The van der Waals surface area contributed by atoms with E-state index in [2.05, 4.69) is 12.2 Å². The molecule has 1 spiro atoms. The molecule has 27 heavy (non-hydrogen) atoms. The minimum Gasteiger partial charge on any atom is -0.384 e. The summed E-state index contributed by atoms with van der Waals surface area (Å²) < 4.78 is 29.6. The van der Waals surface area contributed by atoms with Gasteiger partial charge in [-0.1, -0.05) is 13.0 Å². The van der Waals surface area contributed by atoms with E-state index in [4.69, 9.17) is 4.18 Å². The second-order valence-electron chi connectivity index (χ2n) is 8.35. The normalized spacial score (nSPS) is 25.9. The largest absolute Gasteiger partial charge is 0.384 e. The smallest absolute Gasteiger partial charge is 0.306 e. The molecule has 0 atom stereocenters. The molecule has 1 amide bonds. The van der Waals surface area contributed by atoms with Gasteiger partial charge in [0, 0.05) is 0 Å². The molecule has 1 fully saturated rings. The van der Waals surface area contributed by atoms with Crippen LogP contribution < -0.4 is 5.32 Å². The number of aryl methyl sites for hydroxylation is 2. The Labute approximate surface area is 162 Å². The lowest BCUT2D eigenvalue weighted by atomic mass is 9.76. The number of hydrogen-bond donors (Lipinski definition) is 1. The maximum absolute atomic E-state index is 13.1. The highest BCUT2D eigenvalue weighted by molar-refractivity contribution is 7.86. The zero-order valence-electron chi connectivity index (χ0n) is 17.0. The monoisotopic (exact) mass is 391 g/mol. The van der Waals surface area contributed by atoms with E-state index >= 15 is 0 Å². The van der Waals surface area contributed by atoms with Gasteiger partial charge in [-0.15, -0.1) is 0 Å². The van der Waals surface area contributed by atoms with Crippen LogP contribution in [0, 0.1) is 33.6 Å². The number of nitrogens with one attached hydrogen (secondary N) is 1. The van der Waals surface area contributed by atoms with E-state index in [0.29, 0.717) is 24.3 Å². The van der Waals surface area contributed by atoms with Crippen LogP contribution in [0.4, 0.5) is 0 Å². The van der Waals surface area contributed by atoms with Crippen molar-refractivity contribution in [2.75, 3.05) is 6.26 Å². The highest BCUT2D eigenvalue weighted by atomic mass is 32.2. The zero-order valence-corrected chi connectivity index (χ0v) is 17.8. The van der Waals surface area contributed by atoms with Gasteiger partial charge in [0.25, 0.3) is 5.91 Å². The van der Waals surface area contributed by atoms with Crippen LogP contribution in [0.1, 0.15) is 60.4 Å². The summed E-state index contributed by atoms with van der Waals surface area (Å²) in [7, 11) is -3.75. The van der Waals surface area contributed by atoms with Crippen molar-refractivity contribution < 1.29 is 17.4 Å². The predicted molar refractivity (Wildman–Crippen MR) is 107 cm³/mol. The van der Waals surface area contributed by atoms with E-state index < -0.39 is 15.7 Å². The lowest BCUT2D eigenvalue weighted by Gasteiger charge is -2.37. The molecule has 2 aliphatic rings. The summed E-state index contributed by atoms with van der Waals surface area (Å²) in [6, 6.07) is 2.05. The van der Waals surface area contributed by atoms with Crippen LogP contribution in [-0.2, 0) is 19.1 Å². The fourth-order valence-electron chi connectivity index (χ4n) is 4.45. The molecule has 148 valence electrons. The average Bonchev–Trinajstić information content (AvgIpc) is 2.80. The minimum absolute atomic E-state index is 0.238. The molecular weight excluding hydrogens is 362 g/mol. The van der Waals surface area contributed by atoms with Crippen molar-refractivity contribution in [3.05, 3.63) is 39.6 Å². The Morgan fingerprint density at radius 2 is 1.67 bits per heavy atom. The van der Waals surface area contributed by atoms with Crippen LogP contribution in [0.2, 0.25) is 0 Å². The molecule has 1 N–H and O–H groups in total. The summed E-state index contributed by atoms with van der Waals surface area (Å²) >= 11 is 0. The Hall–Kier alpha value is -1.82. The third kappa shape index (κ3) is 3.51. The molecule has 0 bridgehead atoms. The fraction of sp³-hybridized carbons (Fsp3) is 0.571. The Kier molecular flexibility index (Phi) is 4.91. The van der Waals surface area contributed by atoms with Crippen LogP contribution in [0.3, 0.4) is 0 Å². The Morgan fingerprint density at radius 3 is 2.22 bits per heavy atom. The third-order valence-corrected chi connectivity index (χ3v) is 6.68. The van der Waals surface area contributed by atoms with Gasteiger partial charge in [-0.2, -0.15) is 8.42 Å². The standard InChI is InChI=1S/C21H29NO4S/c1-12-7-9-21(10-8-12)19(26-27(6,24)25)18(20(23)22-21)17-14(3)11-13(2)15(4)16(17)5/h11-12H,7-10H2,1-6H3,(H,22,23). The van der Waals surface area contributed by atoms with Crippen LogP contribution in [0.5, 0.6) is 0 Å². The molecular formula is C21H29NO4S. The Bertz CT molecular complexity index is 935. The molecule has 0 aromatic heterocycles. The number of rotatable bonds is 3. The Morgan fingerprint density at radius 1 is 1.07 bits per heavy atom. The lowest BCUT2D eigenvalue weighted by molar-refractivity contribution is -0.116. The zero-order chi connectivity index (χ0) is 20.1. The average molecular weight is 392 g/mol. The number of carbonyl (C=O) groups excluding carboxylic acids is 1. The van der Waals surface area contributed by atoms with Crippen LogP contribution in [0.25, 0.3) is 5.57 Å². The summed E-state index contributed by atoms with van der Waals surface area (Å²) in [5.41, 5.74) is 4.66. The maximum atomic E-state index is 13.1. The summed E-state index contributed by atoms with van der Waals surface area (Å²) in [6.45, 7) is 10.2. The van der Waals surface area contributed by atoms with Gasteiger partial charge < -0.3 is 9.50 Å². The summed E-state index contributed by atoms with van der Waals surface area (Å²) in [5.74, 6) is 0.607. The van der Waals surface area contributed by atoms with Crippen LogP contribution >= 0.6 is 0 Å². The fourth-order valence-corrected chi connectivity index (χ4v) is 5.00. The lowest BCUT2D eigenvalue weighted by Crippen LogP contribution is -2.47. The van der Waals surface area contributed by atoms with Crippen LogP contribution in [-0.4, -0.2) is 26.1 Å². The minimum atomic E-state index is -3.75. The van der Waals surface area contributed by atoms with Gasteiger partial charge in [-0.05, 0) is 87.1 Å². The second-order valence-corrected chi connectivity index (χ2v) is 9.92. The van der Waals surface area contributed by atoms with E-state index in [1.807, 2.05) is 33.8 Å². The predicted octanol–water partition coefficient (Wildman–Crippen LogP) is 3.69. The second kappa shape index (κ2) is 6.66. The van der Waals surface area contributed by atoms with Gasteiger partial charge in [0.05, 0.1) is 11.8 Å². The van der Waals surface area contributed by atoms with Crippen molar-refractivity contribution in [2.24, 2.45) is 5.92 Å². The topological polar surface area (TPSA) is 72.5 Å². The summed E-state index contributed by atoms with van der Waals surface area (Å²) in [6.07, 6.45) is 4.28. The van der Waals surface area contributed by atoms with Crippen molar-refractivity contribution >= 4 is 21.6 Å². The molecule has 1 saturated carbocycles. The summed E-state index contributed by atoms with van der Waals surface area (Å²) in [4.78, 5) is 13.1. The molecule has 1 aromatic carbocycles. The quantitative estimate of drug-likeness (QED) is 0.798. The number of carbonyl (C=O) groups is 1. The molecule has 1 aromatic rings. The SMILES string of the molecule is Cc1cc(C)c(C2=C(OS(C)(=O)=O)C3(CCC(C)CC3)NC2=O)c(C)c1C. The Balaban J connectivity index is 2.28. The molecule has 1 heterocycles. The van der Waals surface area contributed by atoms with E-state index in [-0.39, 0.29) is 11.7 Å². The molecule has 3 rings (SSSR count). The van der Waals surface area contributed by atoms with Gasteiger partial charge in [0.2, 0.25) is 0 Å². The number of hydrogen-bond acceptors (Lipinski definition) is 4. The van der Waals surface area contributed by atoms with E-state index in [1.54, 1.807) is 0 Å².